The van der Waals surface area contributed by atoms with Crippen LogP contribution in [0.25, 0.3) is 22.3 Å². The molecule has 170 valence electrons. The Labute approximate surface area is 198 Å². The number of benzene rings is 3. The number of ether oxygens (including phenoxy) is 1. The number of nitrogens with one attached hydrogen (secondary N) is 1. The molecule has 0 saturated carbocycles. The van der Waals surface area contributed by atoms with Crippen LogP contribution in [-0.4, -0.2) is 20.5 Å². The zero-order valence-electron chi connectivity index (χ0n) is 18.6. The van der Waals surface area contributed by atoms with Crippen LogP contribution in [-0.2, 0) is 10.0 Å². The number of nitrogens with zero attached hydrogens (tertiary/aromatic N) is 2. The summed E-state index contributed by atoms with van der Waals surface area (Å²) in [6.07, 6.45) is 1.61. The minimum absolute atomic E-state index is 0.138. The van der Waals surface area contributed by atoms with Gasteiger partial charge in [0.2, 0.25) is 0 Å². The Morgan fingerprint density at radius 2 is 1.56 bits per heavy atom. The van der Waals surface area contributed by atoms with Gasteiger partial charge in [-0.05, 0) is 54.4 Å². The normalized spacial score (nSPS) is 11.0. The second-order valence-corrected chi connectivity index (χ2v) is 9.33. The molecule has 3 N–H and O–H groups in total. The molecule has 8 heteroatoms. The van der Waals surface area contributed by atoms with Gasteiger partial charge in [0.25, 0.3) is 10.0 Å². The quantitative estimate of drug-likeness (QED) is 0.410. The van der Waals surface area contributed by atoms with Crippen molar-refractivity contribution in [3.63, 3.8) is 0 Å². The number of nitriles is 1. The Morgan fingerprint density at radius 3 is 2.15 bits per heavy atom. The maximum atomic E-state index is 12.7. The van der Waals surface area contributed by atoms with Crippen LogP contribution in [0.5, 0.6) is 5.75 Å². The number of anilines is 2. The van der Waals surface area contributed by atoms with Crippen molar-refractivity contribution < 1.29 is 13.2 Å². The highest BCUT2D eigenvalue weighted by molar-refractivity contribution is 7.92. The van der Waals surface area contributed by atoms with Gasteiger partial charge in [-0.1, -0.05) is 42.0 Å². The third-order valence-corrected chi connectivity index (χ3v) is 6.78. The third kappa shape index (κ3) is 4.56. The number of aryl methyl sites for hydroxylation is 1. The zero-order chi connectivity index (χ0) is 24.3. The molecule has 0 fully saturated rings. The molecular formula is C26H22N4O3S. The molecular weight excluding hydrogens is 448 g/mol. The van der Waals surface area contributed by atoms with E-state index in [1.807, 2.05) is 19.1 Å². The molecule has 1 heterocycles. The number of nitrogen functional groups attached to an aromatic ring is 1. The van der Waals surface area contributed by atoms with Crippen molar-refractivity contribution in [2.45, 2.75) is 11.8 Å². The molecule has 0 aliphatic carbocycles. The fourth-order valence-electron chi connectivity index (χ4n) is 3.56. The maximum Gasteiger partial charge on any atom is 0.261 e. The molecule has 0 spiro atoms. The summed E-state index contributed by atoms with van der Waals surface area (Å²) in [5, 5.41) is 9.76. The third-order valence-electron chi connectivity index (χ3n) is 5.38. The van der Waals surface area contributed by atoms with E-state index in [9.17, 15) is 13.7 Å². The first-order valence-electron chi connectivity index (χ1n) is 10.4. The lowest BCUT2D eigenvalue weighted by atomic mass is 9.92. The fraction of sp³-hybridized carbons (Fsp3) is 0.0769. The number of hydrogen-bond acceptors (Lipinski definition) is 6. The molecule has 34 heavy (non-hydrogen) atoms. The fourth-order valence-corrected chi connectivity index (χ4v) is 4.62. The summed E-state index contributed by atoms with van der Waals surface area (Å²) in [5.74, 6) is 0.829. The molecule has 0 atom stereocenters. The molecule has 1 aromatic heterocycles. The lowest BCUT2D eigenvalue weighted by Gasteiger charge is -2.14. The van der Waals surface area contributed by atoms with Crippen LogP contribution in [0.15, 0.2) is 83.9 Å². The first-order valence-corrected chi connectivity index (χ1v) is 11.8. The van der Waals surface area contributed by atoms with E-state index in [4.69, 9.17) is 10.5 Å². The first kappa shape index (κ1) is 22.8. The zero-order valence-corrected chi connectivity index (χ0v) is 19.4. The van der Waals surface area contributed by atoms with Gasteiger partial charge in [-0.3, -0.25) is 4.72 Å². The summed E-state index contributed by atoms with van der Waals surface area (Å²) in [5.41, 5.74) is 10.5. The SMILES string of the molecule is COc1ccc(-c2c(-c3ccc(NS(=O)(=O)c4ccc(C)cc4)cc3)cnc(N)c2C#N)cc1. The van der Waals surface area contributed by atoms with Crippen molar-refractivity contribution in [3.05, 3.63) is 90.1 Å². The van der Waals surface area contributed by atoms with Gasteiger partial charge in [0.1, 0.15) is 23.2 Å². The van der Waals surface area contributed by atoms with E-state index in [1.165, 1.54) is 0 Å². The maximum absolute atomic E-state index is 12.7. The first-order chi connectivity index (χ1) is 16.3. The Morgan fingerprint density at radius 1 is 0.941 bits per heavy atom. The van der Waals surface area contributed by atoms with E-state index in [0.29, 0.717) is 22.6 Å². The minimum atomic E-state index is -3.72. The number of methoxy groups -OCH3 is 1. The molecule has 7 nitrogen and oxygen atoms in total. The predicted molar refractivity (Wildman–Crippen MR) is 133 cm³/mol. The average Bonchev–Trinajstić information content (AvgIpc) is 2.84. The number of sulfonamides is 1. The summed E-state index contributed by atoms with van der Waals surface area (Å²) < 4.78 is 33.2. The summed E-state index contributed by atoms with van der Waals surface area (Å²) in [4.78, 5) is 4.38. The van der Waals surface area contributed by atoms with Crippen molar-refractivity contribution in [2.24, 2.45) is 0 Å². The van der Waals surface area contributed by atoms with E-state index >= 15 is 0 Å². The Hall–Kier alpha value is -4.35. The van der Waals surface area contributed by atoms with Crippen molar-refractivity contribution in [3.8, 4) is 34.1 Å². The van der Waals surface area contributed by atoms with Crippen LogP contribution >= 0.6 is 0 Å². The molecule has 0 radical (unpaired) electrons. The molecule has 0 aliphatic heterocycles. The lowest BCUT2D eigenvalue weighted by Crippen LogP contribution is -2.12. The van der Waals surface area contributed by atoms with E-state index in [-0.39, 0.29) is 16.3 Å². The summed E-state index contributed by atoms with van der Waals surface area (Å²) in [7, 11) is -2.13. The molecule has 0 amide bonds. The van der Waals surface area contributed by atoms with Crippen LogP contribution in [0.1, 0.15) is 11.1 Å². The van der Waals surface area contributed by atoms with E-state index in [0.717, 1.165) is 16.7 Å². The van der Waals surface area contributed by atoms with Gasteiger partial charge >= 0.3 is 0 Å². The predicted octanol–water partition coefficient (Wildman–Crippen LogP) is 4.99. The van der Waals surface area contributed by atoms with Gasteiger partial charge in [0, 0.05) is 23.0 Å². The number of rotatable bonds is 6. The largest absolute Gasteiger partial charge is 0.497 e. The molecule has 0 bridgehead atoms. The topological polar surface area (TPSA) is 118 Å². The number of hydrogen-bond donors (Lipinski definition) is 2. The number of nitrogens with two attached hydrogens (primary N) is 1. The van der Waals surface area contributed by atoms with Crippen molar-refractivity contribution in [2.75, 3.05) is 17.6 Å². The standard InChI is InChI=1S/C26H22N4O3S/c1-17-3-13-22(14-4-17)34(31,32)30-20-9-5-18(6-10-20)24-16-29-26(28)23(15-27)25(24)19-7-11-21(33-2)12-8-19/h3-14,16,30H,1-2H3,(H2,28,29). The molecule has 0 saturated heterocycles. The highest BCUT2D eigenvalue weighted by atomic mass is 32.2. The minimum Gasteiger partial charge on any atom is -0.497 e. The van der Waals surface area contributed by atoms with Gasteiger partial charge in [0.15, 0.2) is 0 Å². The van der Waals surface area contributed by atoms with Crippen LogP contribution < -0.4 is 15.2 Å². The summed E-state index contributed by atoms with van der Waals surface area (Å²) in [6.45, 7) is 1.90. The summed E-state index contributed by atoms with van der Waals surface area (Å²) in [6, 6.07) is 23.0. The van der Waals surface area contributed by atoms with Crippen LogP contribution in [0, 0.1) is 18.3 Å². The van der Waals surface area contributed by atoms with Gasteiger partial charge in [-0.2, -0.15) is 5.26 Å². The molecule has 4 rings (SSSR count). The molecule has 3 aromatic carbocycles. The summed E-state index contributed by atoms with van der Waals surface area (Å²) >= 11 is 0. The Balaban J connectivity index is 1.71. The number of pyridine rings is 1. The van der Waals surface area contributed by atoms with Crippen molar-refractivity contribution in [1.82, 2.24) is 4.98 Å². The second kappa shape index (κ2) is 9.25. The van der Waals surface area contributed by atoms with E-state index in [1.54, 1.807) is 74.0 Å². The van der Waals surface area contributed by atoms with Crippen LogP contribution in [0.3, 0.4) is 0 Å². The number of aromatic nitrogens is 1. The van der Waals surface area contributed by atoms with Crippen LogP contribution in [0.4, 0.5) is 11.5 Å². The highest BCUT2D eigenvalue weighted by Crippen LogP contribution is 2.37. The van der Waals surface area contributed by atoms with Gasteiger partial charge < -0.3 is 10.5 Å². The van der Waals surface area contributed by atoms with Crippen molar-refractivity contribution >= 4 is 21.5 Å². The second-order valence-electron chi connectivity index (χ2n) is 7.64. The highest BCUT2D eigenvalue weighted by Gasteiger charge is 2.18. The lowest BCUT2D eigenvalue weighted by molar-refractivity contribution is 0.415. The average molecular weight is 471 g/mol. The molecule has 0 aliphatic rings. The van der Waals surface area contributed by atoms with Gasteiger partial charge in [0.05, 0.1) is 12.0 Å². The van der Waals surface area contributed by atoms with Crippen LogP contribution in [0.2, 0.25) is 0 Å². The molecule has 0 unspecified atom stereocenters. The van der Waals surface area contributed by atoms with Gasteiger partial charge in [-0.25, -0.2) is 13.4 Å². The smallest absolute Gasteiger partial charge is 0.261 e. The monoisotopic (exact) mass is 470 g/mol. The molecule has 4 aromatic rings. The van der Waals surface area contributed by atoms with E-state index < -0.39 is 10.0 Å². The Bertz CT molecular complexity index is 1470. The Kier molecular flexibility index (Phi) is 6.21. The van der Waals surface area contributed by atoms with Gasteiger partial charge in [-0.15, -0.1) is 0 Å². The van der Waals surface area contributed by atoms with Crippen molar-refractivity contribution in [1.29, 1.82) is 5.26 Å². The van der Waals surface area contributed by atoms with E-state index in [2.05, 4.69) is 15.8 Å².